The predicted molar refractivity (Wildman–Crippen MR) is 84.1 cm³/mol. The Kier molecular flexibility index (Phi) is 4.10. The van der Waals surface area contributed by atoms with Gasteiger partial charge in [0.1, 0.15) is 17.4 Å². The molecular formula is C14H10ClFN4O2S. The molecule has 6 nitrogen and oxygen atoms in total. The molecule has 0 bridgehead atoms. The van der Waals surface area contributed by atoms with E-state index in [-0.39, 0.29) is 10.6 Å². The average Bonchev–Trinajstić information content (AvgIpc) is 3.00. The van der Waals surface area contributed by atoms with Gasteiger partial charge in [0, 0.05) is 16.3 Å². The third kappa shape index (κ3) is 2.95. The molecule has 2 heterocycles. The maximum atomic E-state index is 13.3. The standard InChI is InChI=1S/C14H10ClFN4O2S/c1-6-10(14(21)22)11(8-3-2-7(16)4-9(8)15)19-12(18-6)13-20-17-5-23-13/h2-5,11H,1H3,(H,18,19)(H,21,22). The Bertz CT molecular complexity index is 835. The number of amidine groups is 1. The summed E-state index contributed by atoms with van der Waals surface area (Å²) in [5.41, 5.74) is 2.42. The van der Waals surface area contributed by atoms with Crippen LogP contribution in [0.25, 0.3) is 0 Å². The maximum absolute atomic E-state index is 13.3. The van der Waals surface area contributed by atoms with Crippen molar-refractivity contribution in [3.05, 3.63) is 56.4 Å². The first kappa shape index (κ1) is 15.6. The number of aliphatic carboxylic acids is 1. The van der Waals surface area contributed by atoms with Crippen molar-refractivity contribution in [3.63, 3.8) is 0 Å². The van der Waals surface area contributed by atoms with E-state index in [4.69, 9.17) is 11.6 Å². The Morgan fingerprint density at radius 1 is 1.48 bits per heavy atom. The summed E-state index contributed by atoms with van der Waals surface area (Å²) in [6, 6.07) is 2.93. The van der Waals surface area contributed by atoms with Crippen molar-refractivity contribution in [3.8, 4) is 0 Å². The van der Waals surface area contributed by atoms with E-state index in [1.165, 1.54) is 23.5 Å². The van der Waals surface area contributed by atoms with E-state index < -0.39 is 17.8 Å². The molecule has 23 heavy (non-hydrogen) atoms. The number of aliphatic imine (C=N–C) groups is 1. The van der Waals surface area contributed by atoms with Gasteiger partial charge in [0.25, 0.3) is 0 Å². The van der Waals surface area contributed by atoms with Crippen LogP contribution in [-0.2, 0) is 4.79 Å². The number of nitrogens with zero attached hydrogens (tertiary/aromatic N) is 3. The van der Waals surface area contributed by atoms with Crippen LogP contribution in [0.2, 0.25) is 5.02 Å². The molecule has 0 radical (unpaired) electrons. The van der Waals surface area contributed by atoms with Gasteiger partial charge in [-0.05, 0) is 19.1 Å². The molecule has 0 aliphatic carbocycles. The molecule has 1 aromatic heterocycles. The lowest BCUT2D eigenvalue weighted by molar-refractivity contribution is -0.133. The van der Waals surface area contributed by atoms with E-state index in [0.717, 1.165) is 6.07 Å². The van der Waals surface area contributed by atoms with Gasteiger partial charge in [0.05, 0.1) is 5.57 Å². The summed E-state index contributed by atoms with van der Waals surface area (Å²) in [4.78, 5) is 16.0. The van der Waals surface area contributed by atoms with Gasteiger partial charge in [-0.2, -0.15) is 0 Å². The number of rotatable bonds is 3. The second kappa shape index (κ2) is 6.05. The summed E-state index contributed by atoms with van der Waals surface area (Å²) in [5, 5.41) is 20.7. The van der Waals surface area contributed by atoms with Gasteiger partial charge < -0.3 is 10.4 Å². The lowest BCUT2D eigenvalue weighted by atomic mass is 9.96. The number of nitrogens with one attached hydrogen (secondary N) is 1. The zero-order valence-corrected chi connectivity index (χ0v) is 13.3. The summed E-state index contributed by atoms with van der Waals surface area (Å²) in [6.07, 6.45) is 0. The van der Waals surface area contributed by atoms with Crippen molar-refractivity contribution >= 4 is 34.7 Å². The minimum absolute atomic E-state index is 0.0479. The molecule has 1 unspecified atom stereocenters. The van der Waals surface area contributed by atoms with E-state index in [9.17, 15) is 14.3 Å². The van der Waals surface area contributed by atoms with Crippen LogP contribution >= 0.6 is 22.9 Å². The lowest BCUT2D eigenvalue weighted by Crippen LogP contribution is -2.32. The Hall–Kier alpha value is -2.32. The SMILES string of the molecule is CC1=C(C(=O)O)C(c2ccc(F)cc2Cl)N=C(c2nncs2)N1. The number of halogens is 2. The van der Waals surface area contributed by atoms with Gasteiger partial charge >= 0.3 is 5.97 Å². The van der Waals surface area contributed by atoms with Crippen molar-refractivity contribution in [2.45, 2.75) is 13.0 Å². The predicted octanol–water partition coefficient (Wildman–Crippen LogP) is 2.78. The molecular weight excluding hydrogens is 343 g/mol. The van der Waals surface area contributed by atoms with E-state index in [2.05, 4.69) is 20.5 Å². The first-order valence-corrected chi connectivity index (χ1v) is 7.73. The molecule has 0 amide bonds. The minimum Gasteiger partial charge on any atom is -0.478 e. The van der Waals surface area contributed by atoms with Crippen molar-refractivity contribution in [2.75, 3.05) is 0 Å². The average molecular weight is 353 g/mol. The molecule has 1 aliphatic rings. The smallest absolute Gasteiger partial charge is 0.335 e. The summed E-state index contributed by atoms with van der Waals surface area (Å²) < 4.78 is 13.3. The van der Waals surface area contributed by atoms with Crippen LogP contribution in [0.3, 0.4) is 0 Å². The first-order chi connectivity index (χ1) is 11.0. The Labute approximate surface area is 139 Å². The third-order valence-corrected chi connectivity index (χ3v) is 4.32. The molecule has 3 rings (SSSR count). The second-order valence-corrected chi connectivity index (χ2v) is 6.00. The molecule has 118 valence electrons. The molecule has 2 N–H and O–H groups in total. The number of hydrogen-bond donors (Lipinski definition) is 2. The highest BCUT2D eigenvalue weighted by molar-refractivity contribution is 7.11. The number of carboxylic acids is 1. The molecule has 1 atom stereocenters. The van der Waals surface area contributed by atoms with Gasteiger partial charge in [-0.1, -0.05) is 29.0 Å². The molecule has 9 heteroatoms. The van der Waals surface area contributed by atoms with Crippen LogP contribution in [0.15, 0.2) is 40.0 Å². The number of allylic oxidation sites excluding steroid dienone is 1. The van der Waals surface area contributed by atoms with Crippen molar-refractivity contribution in [2.24, 2.45) is 4.99 Å². The van der Waals surface area contributed by atoms with Gasteiger partial charge in [-0.15, -0.1) is 10.2 Å². The van der Waals surface area contributed by atoms with Crippen molar-refractivity contribution in [1.29, 1.82) is 0 Å². The first-order valence-electron chi connectivity index (χ1n) is 6.47. The van der Waals surface area contributed by atoms with Crippen LogP contribution < -0.4 is 5.32 Å². The number of aromatic nitrogens is 2. The zero-order valence-electron chi connectivity index (χ0n) is 11.7. The van der Waals surface area contributed by atoms with Crippen LogP contribution in [0.5, 0.6) is 0 Å². The molecule has 0 spiro atoms. The minimum atomic E-state index is -1.12. The largest absolute Gasteiger partial charge is 0.478 e. The second-order valence-electron chi connectivity index (χ2n) is 4.76. The quantitative estimate of drug-likeness (QED) is 0.886. The summed E-state index contributed by atoms with van der Waals surface area (Å²) >= 11 is 7.35. The Morgan fingerprint density at radius 3 is 2.87 bits per heavy atom. The Morgan fingerprint density at radius 2 is 2.26 bits per heavy atom. The van der Waals surface area contributed by atoms with Crippen LogP contribution in [-0.4, -0.2) is 27.1 Å². The monoisotopic (exact) mass is 352 g/mol. The molecule has 1 aliphatic heterocycles. The van der Waals surface area contributed by atoms with Gasteiger partial charge in [-0.3, -0.25) is 4.99 Å². The number of carboxylic acid groups (broad SMARTS) is 1. The fourth-order valence-electron chi connectivity index (χ4n) is 2.29. The maximum Gasteiger partial charge on any atom is 0.335 e. The highest BCUT2D eigenvalue weighted by atomic mass is 35.5. The van der Waals surface area contributed by atoms with Crippen molar-refractivity contribution < 1.29 is 14.3 Å². The molecule has 0 saturated carbocycles. The summed E-state index contributed by atoms with van der Waals surface area (Å²) in [6.45, 7) is 1.63. The fourth-order valence-corrected chi connectivity index (χ4v) is 3.06. The van der Waals surface area contributed by atoms with Crippen LogP contribution in [0, 0.1) is 5.82 Å². The van der Waals surface area contributed by atoms with Crippen LogP contribution in [0.4, 0.5) is 4.39 Å². The highest BCUT2D eigenvalue weighted by Crippen LogP contribution is 2.35. The van der Waals surface area contributed by atoms with E-state index in [0.29, 0.717) is 22.1 Å². The van der Waals surface area contributed by atoms with E-state index in [1.807, 2.05) is 0 Å². The molecule has 0 saturated heterocycles. The Balaban J connectivity index is 2.14. The third-order valence-electron chi connectivity index (χ3n) is 3.29. The summed E-state index contributed by atoms with van der Waals surface area (Å²) in [5.74, 6) is -1.22. The number of carbonyl (C=O) groups is 1. The molecule has 1 aromatic carbocycles. The number of hydrogen-bond acceptors (Lipinski definition) is 6. The molecule has 2 aromatic rings. The van der Waals surface area contributed by atoms with E-state index >= 15 is 0 Å². The van der Waals surface area contributed by atoms with Crippen molar-refractivity contribution in [1.82, 2.24) is 15.5 Å². The molecule has 0 fully saturated rings. The van der Waals surface area contributed by atoms with E-state index in [1.54, 1.807) is 12.4 Å². The van der Waals surface area contributed by atoms with Gasteiger partial charge in [0.15, 0.2) is 10.8 Å². The normalized spacial score (nSPS) is 17.7. The number of benzene rings is 1. The lowest BCUT2D eigenvalue weighted by Gasteiger charge is -2.24. The van der Waals surface area contributed by atoms with Gasteiger partial charge in [-0.25, -0.2) is 9.18 Å². The van der Waals surface area contributed by atoms with Gasteiger partial charge in [0.2, 0.25) is 0 Å². The fraction of sp³-hybridized carbons (Fsp3) is 0.143. The highest BCUT2D eigenvalue weighted by Gasteiger charge is 2.31. The summed E-state index contributed by atoms with van der Waals surface area (Å²) in [7, 11) is 0. The zero-order chi connectivity index (χ0) is 16.6. The topological polar surface area (TPSA) is 87.5 Å². The van der Waals surface area contributed by atoms with Crippen LogP contribution in [0.1, 0.15) is 23.5 Å².